The zero-order valence-electron chi connectivity index (χ0n) is 10.3. The van der Waals surface area contributed by atoms with Gasteiger partial charge in [-0.15, -0.1) is 5.10 Å². The summed E-state index contributed by atoms with van der Waals surface area (Å²) in [6, 6.07) is 0. The van der Waals surface area contributed by atoms with Crippen molar-refractivity contribution >= 4 is 5.91 Å². The highest BCUT2D eigenvalue weighted by atomic mass is 16.3. The number of nitrogens with zero attached hydrogens (tertiary/aromatic N) is 3. The van der Waals surface area contributed by atoms with Crippen LogP contribution in [0, 0.1) is 5.92 Å². The van der Waals surface area contributed by atoms with E-state index in [4.69, 9.17) is 0 Å². The Bertz CT molecular complexity index is 441. The van der Waals surface area contributed by atoms with Gasteiger partial charge in [0.15, 0.2) is 0 Å². The third-order valence-electron chi connectivity index (χ3n) is 3.72. The molecule has 1 saturated heterocycles. The van der Waals surface area contributed by atoms with E-state index in [0.717, 1.165) is 38.1 Å². The number of nitrogens with one attached hydrogen (secondary N) is 1. The van der Waals surface area contributed by atoms with Crippen LogP contribution in [0.25, 0.3) is 0 Å². The van der Waals surface area contributed by atoms with Gasteiger partial charge in [-0.2, -0.15) is 0 Å². The van der Waals surface area contributed by atoms with Gasteiger partial charge in [-0.3, -0.25) is 9.89 Å². The quantitative estimate of drug-likeness (QED) is 0.819. The van der Waals surface area contributed by atoms with E-state index in [0.29, 0.717) is 12.5 Å². The van der Waals surface area contributed by atoms with Gasteiger partial charge in [-0.25, -0.2) is 4.98 Å². The van der Waals surface area contributed by atoms with Crippen molar-refractivity contribution in [1.82, 2.24) is 20.1 Å². The Labute approximate surface area is 105 Å². The molecule has 3 rings (SSSR count). The van der Waals surface area contributed by atoms with Crippen LogP contribution in [0.4, 0.5) is 0 Å². The van der Waals surface area contributed by atoms with Gasteiger partial charge in [0.25, 0.3) is 5.91 Å². The topological polar surface area (TPSA) is 82.1 Å². The lowest BCUT2D eigenvalue weighted by Gasteiger charge is -2.30. The molecule has 98 valence electrons. The summed E-state index contributed by atoms with van der Waals surface area (Å²) >= 11 is 0. The second-order valence-electron chi connectivity index (χ2n) is 5.26. The van der Waals surface area contributed by atoms with Crippen LogP contribution in [0.15, 0.2) is 0 Å². The van der Waals surface area contributed by atoms with E-state index >= 15 is 0 Å². The molecular formula is C12H18N4O2. The predicted octanol–water partition coefficient (Wildman–Crippen LogP) is 0.527. The summed E-state index contributed by atoms with van der Waals surface area (Å²) in [4.78, 5) is 18.2. The first-order valence-corrected chi connectivity index (χ1v) is 6.60. The molecule has 1 aromatic rings. The number of carbonyl (C=O) groups excluding carboxylic acids is 1. The molecule has 2 heterocycles. The number of hydrogen-bond acceptors (Lipinski definition) is 4. The Kier molecular flexibility index (Phi) is 3.03. The van der Waals surface area contributed by atoms with E-state index in [-0.39, 0.29) is 24.3 Å². The lowest BCUT2D eigenvalue weighted by atomic mass is 9.99. The molecule has 1 aliphatic carbocycles. The highest BCUT2D eigenvalue weighted by Gasteiger charge is 2.30. The lowest BCUT2D eigenvalue weighted by Crippen LogP contribution is -2.41. The van der Waals surface area contributed by atoms with Crippen LogP contribution < -0.4 is 0 Å². The predicted molar refractivity (Wildman–Crippen MR) is 64.1 cm³/mol. The second-order valence-corrected chi connectivity index (χ2v) is 5.26. The lowest BCUT2D eigenvalue weighted by molar-refractivity contribution is 0.0609. The Morgan fingerprint density at radius 2 is 2.28 bits per heavy atom. The van der Waals surface area contributed by atoms with Crippen molar-refractivity contribution in [2.75, 3.05) is 19.7 Å². The van der Waals surface area contributed by atoms with E-state index in [2.05, 4.69) is 15.2 Å². The van der Waals surface area contributed by atoms with Gasteiger partial charge in [0, 0.05) is 25.6 Å². The van der Waals surface area contributed by atoms with Gasteiger partial charge in [0.1, 0.15) is 5.82 Å². The van der Waals surface area contributed by atoms with Crippen molar-refractivity contribution in [2.24, 2.45) is 5.92 Å². The molecule has 2 aliphatic rings. The smallest absolute Gasteiger partial charge is 0.293 e. The first kappa shape index (κ1) is 11.6. The van der Waals surface area contributed by atoms with Gasteiger partial charge < -0.3 is 10.0 Å². The average molecular weight is 250 g/mol. The molecule has 0 bridgehead atoms. The van der Waals surface area contributed by atoms with Crippen molar-refractivity contribution in [3.63, 3.8) is 0 Å². The third-order valence-corrected chi connectivity index (χ3v) is 3.72. The van der Waals surface area contributed by atoms with Crippen molar-refractivity contribution in [1.29, 1.82) is 0 Å². The molecule has 1 aliphatic heterocycles. The molecule has 0 radical (unpaired) electrons. The number of aliphatic hydroxyl groups is 1. The van der Waals surface area contributed by atoms with E-state index in [1.807, 2.05) is 0 Å². The number of H-pyrrole nitrogens is 1. The van der Waals surface area contributed by atoms with Crippen LogP contribution in [-0.4, -0.2) is 50.8 Å². The Morgan fingerprint density at radius 1 is 1.44 bits per heavy atom. The summed E-state index contributed by atoms with van der Waals surface area (Å²) in [6.45, 7) is 1.50. The number of aromatic nitrogens is 3. The van der Waals surface area contributed by atoms with Gasteiger partial charge in [0.2, 0.25) is 5.82 Å². The maximum absolute atomic E-state index is 12.2. The number of hydrogen-bond donors (Lipinski definition) is 2. The molecule has 18 heavy (non-hydrogen) atoms. The average Bonchev–Trinajstić information content (AvgIpc) is 3.16. The molecule has 6 heteroatoms. The molecule has 1 saturated carbocycles. The van der Waals surface area contributed by atoms with Gasteiger partial charge >= 0.3 is 0 Å². The van der Waals surface area contributed by atoms with E-state index in [9.17, 15) is 9.90 Å². The number of rotatable bonds is 3. The first-order chi connectivity index (χ1) is 8.78. The van der Waals surface area contributed by atoms with Crippen molar-refractivity contribution in [3.8, 4) is 0 Å². The Balaban J connectivity index is 1.68. The number of aliphatic hydroxyl groups excluding tert-OH is 1. The van der Waals surface area contributed by atoms with Crippen LogP contribution in [0.5, 0.6) is 0 Å². The number of likely N-dealkylation sites (tertiary alicyclic amines) is 1. The number of piperidine rings is 1. The minimum Gasteiger partial charge on any atom is -0.396 e. The third kappa shape index (κ3) is 2.25. The minimum atomic E-state index is -0.115. The summed E-state index contributed by atoms with van der Waals surface area (Å²) in [7, 11) is 0. The SMILES string of the molecule is O=C(c1n[nH]c(C2CC2)n1)N1CCCC(CO)C1. The number of amides is 1. The molecule has 0 spiro atoms. The molecule has 0 aromatic carbocycles. The monoisotopic (exact) mass is 250 g/mol. The van der Waals surface area contributed by atoms with E-state index in [1.165, 1.54) is 0 Å². The second kappa shape index (κ2) is 4.68. The molecule has 2 fully saturated rings. The van der Waals surface area contributed by atoms with Crippen LogP contribution in [0.3, 0.4) is 0 Å². The van der Waals surface area contributed by atoms with Crippen LogP contribution in [-0.2, 0) is 0 Å². The summed E-state index contributed by atoms with van der Waals surface area (Å²) in [5.74, 6) is 1.68. The standard InChI is InChI=1S/C12H18N4O2/c17-7-8-2-1-5-16(6-8)12(18)11-13-10(14-15-11)9-3-4-9/h8-9,17H,1-7H2,(H,13,14,15). The Hall–Kier alpha value is -1.43. The minimum absolute atomic E-state index is 0.115. The normalized spacial score (nSPS) is 24.3. The fourth-order valence-corrected chi connectivity index (χ4v) is 2.45. The highest BCUT2D eigenvalue weighted by Crippen LogP contribution is 2.37. The van der Waals surface area contributed by atoms with E-state index in [1.54, 1.807) is 4.90 Å². The molecule has 1 atom stereocenters. The fourth-order valence-electron chi connectivity index (χ4n) is 2.45. The summed E-state index contributed by atoms with van der Waals surface area (Å²) in [5, 5.41) is 16.0. The fraction of sp³-hybridized carbons (Fsp3) is 0.750. The van der Waals surface area contributed by atoms with Gasteiger partial charge in [0.05, 0.1) is 0 Å². The molecule has 6 nitrogen and oxygen atoms in total. The molecule has 1 unspecified atom stereocenters. The van der Waals surface area contributed by atoms with Gasteiger partial charge in [-0.1, -0.05) is 0 Å². The van der Waals surface area contributed by atoms with Crippen molar-refractivity contribution < 1.29 is 9.90 Å². The molecule has 1 amide bonds. The molecule has 2 N–H and O–H groups in total. The molecular weight excluding hydrogens is 232 g/mol. The van der Waals surface area contributed by atoms with Crippen LogP contribution >= 0.6 is 0 Å². The summed E-state index contributed by atoms with van der Waals surface area (Å²) in [6.07, 6.45) is 4.21. The zero-order chi connectivity index (χ0) is 12.5. The van der Waals surface area contributed by atoms with Crippen LogP contribution in [0.2, 0.25) is 0 Å². The summed E-state index contributed by atoms with van der Waals surface area (Å²) in [5.41, 5.74) is 0. The van der Waals surface area contributed by atoms with Gasteiger partial charge in [-0.05, 0) is 31.6 Å². The van der Waals surface area contributed by atoms with Crippen molar-refractivity contribution in [3.05, 3.63) is 11.6 Å². The Morgan fingerprint density at radius 3 is 3.00 bits per heavy atom. The first-order valence-electron chi connectivity index (χ1n) is 6.60. The maximum atomic E-state index is 12.2. The largest absolute Gasteiger partial charge is 0.396 e. The zero-order valence-corrected chi connectivity index (χ0v) is 10.3. The number of carbonyl (C=O) groups is 1. The van der Waals surface area contributed by atoms with E-state index < -0.39 is 0 Å². The van der Waals surface area contributed by atoms with Crippen LogP contribution in [0.1, 0.15) is 48.0 Å². The summed E-state index contributed by atoms with van der Waals surface area (Å²) < 4.78 is 0. The highest BCUT2D eigenvalue weighted by molar-refractivity contribution is 5.90. The maximum Gasteiger partial charge on any atom is 0.293 e. The van der Waals surface area contributed by atoms with Crippen molar-refractivity contribution in [2.45, 2.75) is 31.6 Å². The molecule has 1 aromatic heterocycles. The number of aromatic amines is 1.